The standard InChI is InChI=1S/C22H20N2O2/c1-14-2-8-20-18(10-14)19-11-17(7-9-21(19)24-20)22(25)26-13-16-5-3-15(12-23)4-6-16/h3-7,9,11,14,24H,2,8,10,13H2,1H3. The lowest BCUT2D eigenvalue weighted by Gasteiger charge is -2.18. The van der Waals surface area contributed by atoms with Gasteiger partial charge in [0.25, 0.3) is 0 Å². The molecule has 0 radical (unpaired) electrons. The lowest BCUT2D eigenvalue weighted by atomic mass is 9.87. The van der Waals surface area contributed by atoms with Crippen molar-refractivity contribution in [3.05, 3.63) is 70.4 Å². The fourth-order valence-corrected chi connectivity index (χ4v) is 3.63. The number of aromatic nitrogens is 1. The number of ether oxygens (including phenoxy) is 1. The van der Waals surface area contributed by atoms with Gasteiger partial charge in [-0.15, -0.1) is 0 Å². The molecule has 0 aliphatic heterocycles. The van der Waals surface area contributed by atoms with Gasteiger partial charge in [0.1, 0.15) is 6.61 Å². The molecule has 4 heteroatoms. The highest BCUT2D eigenvalue weighted by molar-refractivity contribution is 5.96. The zero-order valence-electron chi connectivity index (χ0n) is 14.7. The molecule has 0 bridgehead atoms. The molecule has 130 valence electrons. The lowest BCUT2D eigenvalue weighted by molar-refractivity contribution is 0.0473. The molecule has 1 N–H and O–H groups in total. The zero-order chi connectivity index (χ0) is 18.1. The van der Waals surface area contributed by atoms with Crippen LogP contribution in [0.25, 0.3) is 10.9 Å². The van der Waals surface area contributed by atoms with E-state index < -0.39 is 0 Å². The Labute approximate surface area is 152 Å². The molecule has 1 aromatic heterocycles. The number of esters is 1. The van der Waals surface area contributed by atoms with Crippen molar-refractivity contribution >= 4 is 16.9 Å². The van der Waals surface area contributed by atoms with E-state index in [0.717, 1.165) is 29.3 Å². The molecule has 0 saturated carbocycles. The second-order valence-corrected chi connectivity index (χ2v) is 7.08. The maximum Gasteiger partial charge on any atom is 0.338 e. The highest BCUT2D eigenvalue weighted by Gasteiger charge is 2.20. The lowest BCUT2D eigenvalue weighted by Crippen LogP contribution is -2.10. The number of nitrogens with one attached hydrogen (secondary N) is 1. The van der Waals surface area contributed by atoms with E-state index in [9.17, 15) is 4.79 Å². The first kappa shape index (κ1) is 16.4. The smallest absolute Gasteiger partial charge is 0.338 e. The molecule has 4 rings (SSSR count). The van der Waals surface area contributed by atoms with Crippen LogP contribution in [0.4, 0.5) is 0 Å². The van der Waals surface area contributed by atoms with Gasteiger partial charge in [-0.05, 0) is 66.6 Å². The van der Waals surface area contributed by atoms with E-state index in [4.69, 9.17) is 10.00 Å². The van der Waals surface area contributed by atoms with Gasteiger partial charge >= 0.3 is 5.97 Å². The molecule has 3 aromatic rings. The van der Waals surface area contributed by atoms with Crippen molar-refractivity contribution in [2.45, 2.75) is 32.8 Å². The van der Waals surface area contributed by atoms with Crippen LogP contribution < -0.4 is 0 Å². The SMILES string of the molecule is CC1CCc2[nH]c3ccc(C(=O)OCc4ccc(C#N)cc4)cc3c2C1. The van der Waals surface area contributed by atoms with Gasteiger partial charge in [-0.3, -0.25) is 0 Å². The van der Waals surface area contributed by atoms with Crippen molar-refractivity contribution in [3.8, 4) is 6.07 Å². The molecule has 1 aliphatic rings. The first-order valence-electron chi connectivity index (χ1n) is 8.93. The molecule has 2 aromatic carbocycles. The third-order valence-electron chi connectivity index (χ3n) is 5.12. The van der Waals surface area contributed by atoms with E-state index >= 15 is 0 Å². The van der Waals surface area contributed by atoms with Gasteiger partial charge in [-0.1, -0.05) is 19.1 Å². The quantitative estimate of drug-likeness (QED) is 0.710. The second-order valence-electron chi connectivity index (χ2n) is 7.08. The summed E-state index contributed by atoms with van der Waals surface area (Å²) in [5.74, 6) is 0.351. The summed E-state index contributed by atoms with van der Waals surface area (Å²) < 4.78 is 5.45. The van der Waals surface area contributed by atoms with Gasteiger partial charge in [0.15, 0.2) is 0 Å². The molecule has 26 heavy (non-hydrogen) atoms. The number of hydrogen-bond donors (Lipinski definition) is 1. The number of carbonyl (C=O) groups excluding carboxylic acids is 1. The number of aromatic amines is 1. The highest BCUT2D eigenvalue weighted by atomic mass is 16.5. The molecule has 4 nitrogen and oxygen atoms in total. The Morgan fingerprint density at radius 2 is 2.08 bits per heavy atom. The fraction of sp³-hybridized carbons (Fsp3) is 0.273. The predicted molar refractivity (Wildman–Crippen MR) is 99.8 cm³/mol. The van der Waals surface area contributed by atoms with Crippen LogP contribution >= 0.6 is 0 Å². The summed E-state index contributed by atoms with van der Waals surface area (Å²) in [6.45, 7) is 2.47. The van der Waals surface area contributed by atoms with Crippen molar-refractivity contribution in [2.75, 3.05) is 0 Å². The third-order valence-corrected chi connectivity index (χ3v) is 5.12. The molecular weight excluding hydrogens is 324 g/mol. The number of carbonyl (C=O) groups is 1. The molecular formula is C22H20N2O2. The first-order chi connectivity index (χ1) is 12.6. The molecule has 0 amide bonds. The molecule has 1 heterocycles. The van der Waals surface area contributed by atoms with Crippen molar-refractivity contribution in [1.82, 2.24) is 4.98 Å². The van der Waals surface area contributed by atoms with E-state index in [2.05, 4.69) is 18.0 Å². The van der Waals surface area contributed by atoms with E-state index in [0.29, 0.717) is 17.0 Å². The maximum atomic E-state index is 12.5. The number of aryl methyl sites for hydroxylation is 1. The van der Waals surface area contributed by atoms with Gasteiger partial charge < -0.3 is 9.72 Å². The average molecular weight is 344 g/mol. The predicted octanol–water partition coefficient (Wildman–Crippen LogP) is 4.52. The molecule has 1 atom stereocenters. The Bertz CT molecular complexity index is 1010. The minimum absolute atomic E-state index is 0.199. The van der Waals surface area contributed by atoms with Gasteiger partial charge in [0, 0.05) is 16.6 Å². The Morgan fingerprint density at radius 1 is 1.27 bits per heavy atom. The summed E-state index contributed by atoms with van der Waals surface area (Å²) in [4.78, 5) is 15.9. The number of nitrogens with zero attached hydrogens (tertiary/aromatic N) is 1. The van der Waals surface area contributed by atoms with Crippen molar-refractivity contribution in [1.29, 1.82) is 5.26 Å². The summed E-state index contributed by atoms with van der Waals surface area (Å²) in [6, 6.07) is 14.9. The van der Waals surface area contributed by atoms with Gasteiger partial charge in [0.05, 0.1) is 17.2 Å². The summed E-state index contributed by atoms with van der Waals surface area (Å²) in [6.07, 6.45) is 3.34. The molecule has 0 spiro atoms. The van der Waals surface area contributed by atoms with Crippen LogP contribution in [0.2, 0.25) is 0 Å². The van der Waals surface area contributed by atoms with Gasteiger partial charge in [0.2, 0.25) is 0 Å². The number of hydrogen-bond acceptors (Lipinski definition) is 3. The normalized spacial score (nSPS) is 16.1. The van der Waals surface area contributed by atoms with Crippen molar-refractivity contribution < 1.29 is 9.53 Å². The Kier molecular flexibility index (Phi) is 4.22. The summed E-state index contributed by atoms with van der Waals surface area (Å²) in [5, 5.41) is 9.97. The van der Waals surface area contributed by atoms with Crippen LogP contribution in [-0.2, 0) is 24.2 Å². The van der Waals surface area contributed by atoms with Crippen LogP contribution in [0, 0.1) is 17.2 Å². The van der Waals surface area contributed by atoms with Gasteiger partial charge in [-0.25, -0.2) is 4.79 Å². The van der Waals surface area contributed by atoms with Crippen LogP contribution in [0.1, 0.15) is 46.1 Å². The highest BCUT2D eigenvalue weighted by Crippen LogP contribution is 2.32. The second kappa shape index (κ2) is 6.68. The minimum Gasteiger partial charge on any atom is -0.457 e. The van der Waals surface area contributed by atoms with Gasteiger partial charge in [-0.2, -0.15) is 5.26 Å². The number of fused-ring (bicyclic) bond motifs is 3. The molecule has 0 saturated heterocycles. The van der Waals surface area contributed by atoms with Crippen molar-refractivity contribution in [3.63, 3.8) is 0 Å². The fourth-order valence-electron chi connectivity index (χ4n) is 3.63. The van der Waals surface area contributed by atoms with Crippen LogP contribution in [0.3, 0.4) is 0 Å². The van der Waals surface area contributed by atoms with Crippen LogP contribution in [0.15, 0.2) is 42.5 Å². The van der Waals surface area contributed by atoms with E-state index in [1.54, 1.807) is 24.3 Å². The monoisotopic (exact) mass is 344 g/mol. The minimum atomic E-state index is -0.324. The largest absolute Gasteiger partial charge is 0.457 e. The Morgan fingerprint density at radius 3 is 2.85 bits per heavy atom. The van der Waals surface area contributed by atoms with Crippen LogP contribution in [0.5, 0.6) is 0 Å². The Hall–Kier alpha value is -3.06. The summed E-state index contributed by atoms with van der Waals surface area (Å²) >= 11 is 0. The van der Waals surface area contributed by atoms with Crippen LogP contribution in [-0.4, -0.2) is 11.0 Å². The molecule has 1 unspecified atom stereocenters. The van der Waals surface area contributed by atoms with E-state index in [-0.39, 0.29) is 12.6 Å². The maximum absolute atomic E-state index is 12.5. The zero-order valence-corrected chi connectivity index (χ0v) is 14.7. The topological polar surface area (TPSA) is 65.9 Å². The van der Waals surface area contributed by atoms with E-state index in [1.165, 1.54) is 17.7 Å². The third kappa shape index (κ3) is 3.09. The van der Waals surface area contributed by atoms with Crippen molar-refractivity contribution in [2.24, 2.45) is 5.92 Å². The average Bonchev–Trinajstić information content (AvgIpc) is 3.03. The number of H-pyrrole nitrogens is 1. The Balaban J connectivity index is 1.53. The number of nitriles is 1. The van der Waals surface area contributed by atoms with E-state index in [1.807, 2.05) is 18.2 Å². The summed E-state index contributed by atoms with van der Waals surface area (Å²) in [7, 11) is 0. The molecule has 0 fully saturated rings. The first-order valence-corrected chi connectivity index (χ1v) is 8.93. The number of benzene rings is 2. The molecule has 1 aliphatic carbocycles. The summed E-state index contributed by atoms with van der Waals surface area (Å²) in [5.41, 5.74) is 5.78. The number of rotatable bonds is 3.